The van der Waals surface area contributed by atoms with Crippen LogP contribution in [-0.2, 0) is 4.79 Å². The van der Waals surface area contributed by atoms with Gasteiger partial charge in [-0.3, -0.25) is 0 Å². The average Bonchev–Trinajstić information content (AvgIpc) is 2.52. The molecule has 2 rings (SSSR count). The highest BCUT2D eigenvalue weighted by Gasteiger charge is 2.06. The largest absolute Gasteiger partial charge is 0.494 e. The lowest BCUT2D eigenvalue weighted by atomic mass is 10.1. The molecule has 0 radical (unpaired) electrons. The smallest absolute Gasteiger partial charge is 0.336 e. The second-order valence-electron chi connectivity index (χ2n) is 5.13. The second-order valence-corrected chi connectivity index (χ2v) is 5.51. The van der Waals surface area contributed by atoms with Gasteiger partial charge in [0.2, 0.25) is 0 Å². The molecular formula is C19H19ClO3. The van der Waals surface area contributed by atoms with E-state index in [0.717, 1.165) is 22.4 Å². The summed E-state index contributed by atoms with van der Waals surface area (Å²) in [7, 11) is 0. The summed E-state index contributed by atoms with van der Waals surface area (Å²) in [4.78, 5) is 11.9. The Hall–Kier alpha value is -2.26. The topological polar surface area (TPSA) is 35.5 Å². The number of hydrogen-bond donors (Lipinski definition) is 0. The SMILES string of the molecule is CCOc1ccc(/C=C/C(=O)Oc2cc(C)c(Cl)c(C)c2)cc1. The summed E-state index contributed by atoms with van der Waals surface area (Å²) in [6.07, 6.45) is 3.10. The summed E-state index contributed by atoms with van der Waals surface area (Å²) < 4.78 is 10.7. The molecule has 2 aromatic rings. The molecule has 0 unspecified atom stereocenters. The van der Waals surface area contributed by atoms with E-state index in [1.165, 1.54) is 6.08 Å². The molecule has 0 atom stereocenters. The standard InChI is InChI=1S/C19H19ClO3/c1-4-22-16-8-5-15(6-9-16)7-10-18(21)23-17-11-13(2)19(20)14(3)12-17/h5-12H,4H2,1-3H3/b10-7+. The molecule has 2 aromatic carbocycles. The van der Waals surface area contributed by atoms with Crippen molar-refractivity contribution in [2.45, 2.75) is 20.8 Å². The number of halogens is 1. The van der Waals surface area contributed by atoms with Gasteiger partial charge in [-0.15, -0.1) is 0 Å². The van der Waals surface area contributed by atoms with Crippen molar-refractivity contribution < 1.29 is 14.3 Å². The summed E-state index contributed by atoms with van der Waals surface area (Å²) >= 11 is 6.10. The number of rotatable bonds is 5. The van der Waals surface area contributed by atoms with Crippen molar-refractivity contribution in [2.75, 3.05) is 6.61 Å². The van der Waals surface area contributed by atoms with Gasteiger partial charge in [0.25, 0.3) is 0 Å². The maximum atomic E-state index is 11.9. The van der Waals surface area contributed by atoms with Gasteiger partial charge in [0, 0.05) is 11.1 Å². The van der Waals surface area contributed by atoms with Crippen LogP contribution in [0.25, 0.3) is 6.08 Å². The normalized spacial score (nSPS) is 10.8. The Balaban J connectivity index is 2.01. The van der Waals surface area contributed by atoms with E-state index in [-0.39, 0.29) is 0 Å². The molecule has 0 heterocycles. The molecule has 0 aliphatic heterocycles. The number of benzene rings is 2. The quantitative estimate of drug-likeness (QED) is 0.441. The van der Waals surface area contributed by atoms with Gasteiger partial charge >= 0.3 is 5.97 Å². The Morgan fingerprint density at radius 2 is 1.70 bits per heavy atom. The Bertz CT molecular complexity index is 695. The molecule has 0 N–H and O–H groups in total. The zero-order valence-electron chi connectivity index (χ0n) is 13.4. The maximum absolute atomic E-state index is 11.9. The van der Waals surface area contributed by atoms with Crippen LogP contribution in [0.3, 0.4) is 0 Å². The summed E-state index contributed by atoms with van der Waals surface area (Å²) in [5.74, 6) is 0.866. The molecule has 0 amide bonds. The molecule has 0 fully saturated rings. The molecule has 120 valence electrons. The minimum atomic E-state index is -0.431. The van der Waals surface area contributed by atoms with Crippen molar-refractivity contribution in [3.05, 3.63) is 64.2 Å². The highest BCUT2D eigenvalue weighted by molar-refractivity contribution is 6.32. The van der Waals surface area contributed by atoms with Crippen molar-refractivity contribution in [1.29, 1.82) is 0 Å². The monoisotopic (exact) mass is 330 g/mol. The van der Waals surface area contributed by atoms with Crippen LogP contribution in [-0.4, -0.2) is 12.6 Å². The fourth-order valence-corrected chi connectivity index (χ4v) is 2.23. The lowest BCUT2D eigenvalue weighted by molar-refractivity contribution is -0.128. The van der Waals surface area contributed by atoms with E-state index < -0.39 is 5.97 Å². The van der Waals surface area contributed by atoms with E-state index in [0.29, 0.717) is 17.4 Å². The van der Waals surface area contributed by atoms with Crippen molar-refractivity contribution in [3.63, 3.8) is 0 Å². The predicted octanol–water partition coefficient (Wildman–Crippen LogP) is 4.97. The number of esters is 1. The lowest BCUT2D eigenvalue weighted by Gasteiger charge is -2.07. The first-order valence-electron chi connectivity index (χ1n) is 7.39. The molecule has 0 aliphatic carbocycles. The zero-order valence-corrected chi connectivity index (χ0v) is 14.2. The fraction of sp³-hybridized carbons (Fsp3) is 0.211. The summed E-state index contributed by atoms with van der Waals surface area (Å²) in [6, 6.07) is 11.0. The van der Waals surface area contributed by atoms with Gasteiger partial charge in [-0.2, -0.15) is 0 Å². The van der Waals surface area contributed by atoms with Gasteiger partial charge in [0.1, 0.15) is 11.5 Å². The van der Waals surface area contributed by atoms with E-state index in [1.54, 1.807) is 18.2 Å². The number of carbonyl (C=O) groups excluding carboxylic acids is 1. The van der Waals surface area contributed by atoms with E-state index >= 15 is 0 Å². The molecule has 0 bridgehead atoms. The van der Waals surface area contributed by atoms with E-state index in [4.69, 9.17) is 21.1 Å². The second kappa shape index (κ2) is 7.84. The molecule has 0 saturated heterocycles. The van der Waals surface area contributed by atoms with Gasteiger partial charge in [-0.1, -0.05) is 23.7 Å². The molecular weight excluding hydrogens is 312 g/mol. The molecule has 23 heavy (non-hydrogen) atoms. The van der Waals surface area contributed by atoms with Crippen LogP contribution in [0.4, 0.5) is 0 Å². The van der Waals surface area contributed by atoms with Crippen LogP contribution in [0, 0.1) is 13.8 Å². The first-order chi connectivity index (χ1) is 11.0. The maximum Gasteiger partial charge on any atom is 0.336 e. The Labute approximate surface area is 141 Å². The van der Waals surface area contributed by atoms with Crippen molar-refractivity contribution in [3.8, 4) is 11.5 Å². The van der Waals surface area contributed by atoms with Crippen molar-refractivity contribution >= 4 is 23.6 Å². The third-order valence-corrected chi connectivity index (χ3v) is 3.83. The number of hydrogen-bond acceptors (Lipinski definition) is 3. The highest BCUT2D eigenvalue weighted by atomic mass is 35.5. The van der Waals surface area contributed by atoms with Crippen LogP contribution < -0.4 is 9.47 Å². The van der Waals surface area contributed by atoms with E-state index in [1.807, 2.05) is 45.0 Å². The first-order valence-corrected chi connectivity index (χ1v) is 7.77. The lowest BCUT2D eigenvalue weighted by Crippen LogP contribution is -2.04. The molecule has 0 spiro atoms. The third kappa shape index (κ3) is 4.86. The van der Waals surface area contributed by atoms with Gasteiger partial charge in [-0.25, -0.2) is 4.79 Å². The molecule has 0 aromatic heterocycles. The van der Waals surface area contributed by atoms with Crippen LogP contribution in [0.5, 0.6) is 11.5 Å². The van der Waals surface area contributed by atoms with Crippen molar-refractivity contribution in [2.24, 2.45) is 0 Å². The van der Waals surface area contributed by atoms with Crippen LogP contribution >= 0.6 is 11.6 Å². The molecule has 0 saturated carbocycles. The van der Waals surface area contributed by atoms with Crippen LogP contribution in [0.15, 0.2) is 42.5 Å². The van der Waals surface area contributed by atoms with Gasteiger partial charge in [-0.05, 0) is 67.8 Å². The minimum Gasteiger partial charge on any atom is -0.494 e. The third-order valence-electron chi connectivity index (χ3n) is 3.23. The van der Waals surface area contributed by atoms with Gasteiger partial charge in [0.05, 0.1) is 6.61 Å². The van der Waals surface area contributed by atoms with E-state index in [2.05, 4.69) is 0 Å². The number of carbonyl (C=O) groups is 1. The first kappa shape index (κ1) is 17.1. The molecule has 4 heteroatoms. The number of aryl methyl sites for hydroxylation is 2. The fourth-order valence-electron chi connectivity index (χ4n) is 2.12. The van der Waals surface area contributed by atoms with Gasteiger partial charge in [0.15, 0.2) is 0 Å². The average molecular weight is 331 g/mol. The highest BCUT2D eigenvalue weighted by Crippen LogP contribution is 2.26. The minimum absolute atomic E-state index is 0.431. The van der Waals surface area contributed by atoms with E-state index in [9.17, 15) is 4.79 Å². The number of ether oxygens (including phenoxy) is 2. The van der Waals surface area contributed by atoms with Crippen molar-refractivity contribution in [1.82, 2.24) is 0 Å². The zero-order chi connectivity index (χ0) is 16.8. The molecule has 3 nitrogen and oxygen atoms in total. The summed E-state index contributed by atoms with van der Waals surface area (Å²) in [5.41, 5.74) is 2.66. The summed E-state index contributed by atoms with van der Waals surface area (Å²) in [5, 5.41) is 0.690. The van der Waals surface area contributed by atoms with Crippen LogP contribution in [0.2, 0.25) is 5.02 Å². The Morgan fingerprint density at radius 3 is 2.26 bits per heavy atom. The Kier molecular flexibility index (Phi) is 5.83. The summed E-state index contributed by atoms with van der Waals surface area (Å²) in [6.45, 7) is 6.32. The predicted molar refractivity (Wildman–Crippen MR) is 93.2 cm³/mol. The molecule has 0 aliphatic rings. The van der Waals surface area contributed by atoms with Gasteiger partial charge < -0.3 is 9.47 Å². The Morgan fingerprint density at radius 1 is 1.09 bits per heavy atom. The van der Waals surface area contributed by atoms with Crippen LogP contribution in [0.1, 0.15) is 23.6 Å².